The zero-order valence-electron chi connectivity index (χ0n) is 12.7. The highest BCUT2D eigenvalue weighted by molar-refractivity contribution is 5.78. The number of amides is 1. The monoisotopic (exact) mass is 285 g/mol. The second kappa shape index (κ2) is 14.5. The van der Waals surface area contributed by atoms with Gasteiger partial charge in [-0.25, -0.2) is 0 Å². The fourth-order valence-electron chi connectivity index (χ4n) is 2.04. The molecule has 0 aliphatic rings. The molecule has 0 fully saturated rings. The first kappa shape index (κ1) is 19.1. The lowest BCUT2D eigenvalue weighted by atomic mass is 10.0. The second-order valence-electron chi connectivity index (χ2n) is 5.19. The van der Waals surface area contributed by atoms with Crippen LogP contribution in [0.25, 0.3) is 0 Å². The van der Waals surface area contributed by atoms with Gasteiger partial charge in [0.05, 0.1) is 0 Å². The van der Waals surface area contributed by atoms with Crippen molar-refractivity contribution >= 4 is 11.7 Å². The molecule has 118 valence electrons. The van der Waals surface area contributed by atoms with E-state index in [0.717, 1.165) is 44.9 Å². The van der Waals surface area contributed by atoms with E-state index in [0.29, 0.717) is 44.7 Å². The summed E-state index contributed by atoms with van der Waals surface area (Å²) in [5, 5.41) is 2.76. The van der Waals surface area contributed by atoms with Crippen molar-refractivity contribution < 1.29 is 9.59 Å². The Balaban J connectivity index is 3.20. The molecule has 0 unspecified atom stereocenters. The molecule has 5 heteroatoms. The second-order valence-corrected chi connectivity index (χ2v) is 5.19. The molecule has 5 nitrogen and oxygen atoms in total. The van der Waals surface area contributed by atoms with Crippen LogP contribution in [0, 0.1) is 0 Å². The number of nitrogens with one attached hydrogen (secondary N) is 1. The van der Waals surface area contributed by atoms with Crippen LogP contribution in [0.5, 0.6) is 0 Å². The molecule has 0 aromatic rings. The number of hydrogen-bond donors (Lipinski definition) is 3. The van der Waals surface area contributed by atoms with Gasteiger partial charge in [-0.05, 0) is 25.8 Å². The van der Waals surface area contributed by atoms with Crippen LogP contribution < -0.4 is 16.8 Å². The number of ketones is 1. The molecule has 0 bridgehead atoms. The van der Waals surface area contributed by atoms with E-state index < -0.39 is 0 Å². The summed E-state index contributed by atoms with van der Waals surface area (Å²) in [7, 11) is 0. The van der Waals surface area contributed by atoms with Crippen LogP contribution in [0.2, 0.25) is 0 Å². The van der Waals surface area contributed by atoms with E-state index in [4.69, 9.17) is 11.5 Å². The topological polar surface area (TPSA) is 98.2 Å². The molecule has 0 spiro atoms. The van der Waals surface area contributed by atoms with E-state index >= 15 is 0 Å². The van der Waals surface area contributed by atoms with Gasteiger partial charge in [-0.2, -0.15) is 0 Å². The summed E-state index contributed by atoms with van der Waals surface area (Å²) in [5.41, 5.74) is 10.7. The predicted molar refractivity (Wildman–Crippen MR) is 82.3 cm³/mol. The van der Waals surface area contributed by atoms with Crippen molar-refractivity contribution in [2.75, 3.05) is 19.6 Å². The van der Waals surface area contributed by atoms with Crippen LogP contribution in [-0.4, -0.2) is 31.3 Å². The molecule has 0 aromatic carbocycles. The number of carbonyl (C=O) groups excluding carboxylic acids is 2. The third-order valence-corrected chi connectivity index (χ3v) is 3.24. The summed E-state index contributed by atoms with van der Waals surface area (Å²) in [6.45, 7) is 1.66. The predicted octanol–water partition coefficient (Wildman–Crippen LogP) is 1.49. The summed E-state index contributed by atoms with van der Waals surface area (Å²) >= 11 is 0. The average Bonchev–Trinajstić information content (AvgIpc) is 2.45. The minimum atomic E-state index is 0.0981. The Kier molecular flexibility index (Phi) is 13.8. The van der Waals surface area contributed by atoms with Crippen LogP contribution in [0.3, 0.4) is 0 Å². The average molecular weight is 285 g/mol. The maximum Gasteiger partial charge on any atom is 0.220 e. The lowest BCUT2D eigenvalue weighted by Crippen LogP contribution is -2.28. The van der Waals surface area contributed by atoms with Crippen molar-refractivity contribution in [1.29, 1.82) is 0 Å². The lowest BCUT2D eigenvalue weighted by molar-refractivity contribution is -0.121. The molecule has 20 heavy (non-hydrogen) atoms. The Morgan fingerprint density at radius 2 is 1.25 bits per heavy atom. The van der Waals surface area contributed by atoms with E-state index in [1.165, 1.54) is 0 Å². The fourth-order valence-corrected chi connectivity index (χ4v) is 2.04. The molecule has 0 heterocycles. The molecule has 0 aliphatic carbocycles. The summed E-state index contributed by atoms with van der Waals surface area (Å²) in [5.74, 6) is 0.438. The molecule has 0 saturated carbocycles. The number of unbranched alkanes of at least 4 members (excludes halogenated alkanes) is 5. The first-order valence-electron chi connectivity index (χ1n) is 7.89. The van der Waals surface area contributed by atoms with Gasteiger partial charge in [-0.1, -0.05) is 25.7 Å². The first-order chi connectivity index (χ1) is 9.70. The number of hydrogen-bond acceptors (Lipinski definition) is 4. The highest BCUT2D eigenvalue weighted by Crippen LogP contribution is 2.09. The maximum atomic E-state index is 11.4. The fraction of sp³-hybridized carbons (Fsp3) is 0.867. The molecule has 5 N–H and O–H groups in total. The summed E-state index contributed by atoms with van der Waals surface area (Å²) in [6.07, 6.45) is 9.13. The highest BCUT2D eigenvalue weighted by Gasteiger charge is 2.02. The Labute approximate surface area is 122 Å². The van der Waals surface area contributed by atoms with Gasteiger partial charge in [-0.15, -0.1) is 0 Å². The van der Waals surface area contributed by atoms with Crippen molar-refractivity contribution in [3.8, 4) is 0 Å². The molecule has 0 rings (SSSR count). The van der Waals surface area contributed by atoms with Crippen molar-refractivity contribution in [1.82, 2.24) is 5.32 Å². The first-order valence-corrected chi connectivity index (χ1v) is 7.89. The SMILES string of the molecule is NCCCC(=O)CCCCCCCCC(=O)NCCN. The smallest absolute Gasteiger partial charge is 0.220 e. The Morgan fingerprint density at radius 3 is 1.85 bits per heavy atom. The largest absolute Gasteiger partial charge is 0.355 e. The van der Waals surface area contributed by atoms with Crippen LogP contribution in [-0.2, 0) is 9.59 Å². The van der Waals surface area contributed by atoms with E-state index in [-0.39, 0.29) is 5.91 Å². The van der Waals surface area contributed by atoms with Gasteiger partial charge in [-0.3, -0.25) is 9.59 Å². The van der Waals surface area contributed by atoms with Gasteiger partial charge in [0, 0.05) is 32.4 Å². The Hall–Kier alpha value is -0.940. The van der Waals surface area contributed by atoms with Gasteiger partial charge in [0.1, 0.15) is 5.78 Å². The minimum Gasteiger partial charge on any atom is -0.355 e. The lowest BCUT2D eigenvalue weighted by Gasteiger charge is -2.04. The van der Waals surface area contributed by atoms with Crippen LogP contribution in [0.15, 0.2) is 0 Å². The van der Waals surface area contributed by atoms with Crippen LogP contribution in [0.1, 0.15) is 64.2 Å². The van der Waals surface area contributed by atoms with Gasteiger partial charge in [0.25, 0.3) is 0 Å². The molecule has 0 aromatic heterocycles. The van der Waals surface area contributed by atoms with Gasteiger partial charge < -0.3 is 16.8 Å². The number of carbonyl (C=O) groups is 2. The Bertz CT molecular complexity index is 232. The Morgan fingerprint density at radius 1 is 0.700 bits per heavy atom. The zero-order valence-corrected chi connectivity index (χ0v) is 12.7. The maximum absolute atomic E-state index is 11.4. The number of nitrogens with two attached hydrogens (primary N) is 2. The van der Waals surface area contributed by atoms with E-state index in [1.807, 2.05) is 0 Å². The minimum absolute atomic E-state index is 0.0981. The van der Waals surface area contributed by atoms with Crippen molar-refractivity contribution in [3.63, 3.8) is 0 Å². The van der Waals surface area contributed by atoms with Gasteiger partial charge in [0.15, 0.2) is 0 Å². The molecular weight excluding hydrogens is 254 g/mol. The van der Waals surface area contributed by atoms with E-state index in [9.17, 15) is 9.59 Å². The molecule has 0 radical (unpaired) electrons. The molecule has 0 atom stereocenters. The molecular formula is C15H31N3O2. The van der Waals surface area contributed by atoms with Gasteiger partial charge in [0.2, 0.25) is 5.91 Å². The van der Waals surface area contributed by atoms with Crippen LogP contribution in [0.4, 0.5) is 0 Å². The molecule has 0 saturated heterocycles. The standard InChI is InChI=1S/C15H31N3O2/c16-11-7-9-14(19)8-5-3-1-2-4-6-10-15(20)18-13-12-17/h1-13,16-17H2,(H,18,20). The third-order valence-electron chi connectivity index (χ3n) is 3.24. The summed E-state index contributed by atoms with van der Waals surface area (Å²) < 4.78 is 0. The molecule has 1 amide bonds. The number of Topliss-reactive ketones (excluding diaryl/α,β-unsaturated/α-hetero) is 1. The number of rotatable bonds is 14. The zero-order chi connectivity index (χ0) is 15.1. The quantitative estimate of drug-likeness (QED) is 0.421. The molecule has 0 aliphatic heterocycles. The van der Waals surface area contributed by atoms with Crippen LogP contribution >= 0.6 is 0 Å². The van der Waals surface area contributed by atoms with Crippen molar-refractivity contribution in [3.05, 3.63) is 0 Å². The third kappa shape index (κ3) is 13.5. The van der Waals surface area contributed by atoms with E-state index in [1.54, 1.807) is 0 Å². The normalized spacial score (nSPS) is 10.5. The summed E-state index contributed by atoms with van der Waals surface area (Å²) in [4.78, 5) is 22.7. The van der Waals surface area contributed by atoms with Crippen molar-refractivity contribution in [2.45, 2.75) is 64.2 Å². The van der Waals surface area contributed by atoms with Gasteiger partial charge >= 0.3 is 0 Å². The van der Waals surface area contributed by atoms with Crippen molar-refractivity contribution in [2.24, 2.45) is 11.5 Å². The summed E-state index contributed by atoms with van der Waals surface area (Å²) in [6, 6.07) is 0. The highest BCUT2D eigenvalue weighted by atomic mass is 16.1. The van der Waals surface area contributed by atoms with E-state index in [2.05, 4.69) is 5.32 Å².